The molecule has 0 saturated carbocycles. The second-order valence-electron chi connectivity index (χ2n) is 6.75. The van der Waals surface area contributed by atoms with Gasteiger partial charge in [-0.2, -0.15) is 0 Å². The predicted molar refractivity (Wildman–Crippen MR) is 96.0 cm³/mol. The molecule has 1 aliphatic heterocycles. The maximum absolute atomic E-state index is 5.93. The molecule has 1 unspecified atom stereocenters. The molecule has 5 nitrogen and oxygen atoms in total. The van der Waals surface area contributed by atoms with Crippen LogP contribution in [0.25, 0.3) is 11.5 Å². The zero-order valence-corrected chi connectivity index (χ0v) is 14.4. The highest BCUT2D eigenvalue weighted by atomic mass is 16.4. The Morgan fingerprint density at radius 3 is 2.84 bits per heavy atom. The average molecular weight is 334 g/mol. The molecule has 1 aliphatic rings. The second-order valence-corrected chi connectivity index (χ2v) is 6.75. The minimum atomic E-state index is 0.303. The molecule has 5 heteroatoms. The number of benzene rings is 1. The fraction of sp³-hybridized carbons (Fsp3) is 0.350. The van der Waals surface area contributed by atoms with Crippen molar-refractivity contribution in [3.63, 3.8) is 0 Å². The number of pyridine rings is 1. The van der Waals surface area contributed by atoms with E-state index < -0.39 is 0 Å². The highest BCUT2D eigenvalue weighted by Gasteiger charge is 2.26. The van der Waals surface area contributed by atoms with Crippen molar-refractivity contribution < 1.29 is 4.42 Å². The molecule has 1 fully saturated rings. The van der Waals surface area contributed by atoms with E-state index in [1.807, 2.05) is 12.1 Å². The van der Waals surface area contributed by atoms with Gasteiger partial charge in [0.15, 0.2) is 0 Å². The van der Waals surface area contributed by atoms with Crippen LogP contribution in [0.5, 0.6) is 0 Å². The molecule has 1 atom stereocenters. The lowest BCUT2D eigenvalue weighted by molar-refractivity contribution is 0.186. The number of nitrogens with zero attached hydrogens (tertiary/aromatic N) is 4. The number of likely N-dealkylation sites (tertiary alicyclic amines) is 1. The van der Waals surface area contributed by atoms with Crippen LogP contribution < -0.4 is 0 Å². The molecule has 128 valence electrons. The van der Waals surface area contributed by atoms with Crippen LogP contribution in [0.15, 0.2) is 53.2 Å². The molecule has 0 bridgehead atoms. The Labute approximate surface area is 147 Å². The average Bonchev–Trinajstić information content (AvgIpc) is 3.15. The molecule has 1 aromatic carbocycles. The van der Waals surface area contributed by atoms with E-state index in [4.69, 9.17) is 4.42 Å². The van der Waals surface area contributed by atoms with Gasteiger partial charge in [-0.1, -0.05) is 29.8 Å². The van der Waals surface area contributed by atoms with Crippen LogP contribution in [0.2, 0.25) is 0 Å². The van der Waals surface area contributed by atoms with Crippen molar-refractivity contribution >= 4 is 0 Å². The summed E-state index contributed by atoms with van der Waals surface area (Å²) in [7, 11) is 0. The number of aromatic nitrogens is 3. The molecule has 0 radical (unpaired) electrons. The predicted octanol–water partition coefficient (Wildman–Crippen LogP) is 3.82. The lowest BCUT2D eigenvalue weighted by atomic mass is 9.97. The lowest BCUT2D eigenvalue weighted by Crippen LogP contribution is -2.34. The molecular weight excluding hydrogens is 312 g/mol. The van der Waals surface area contributed by atoms with Gasteiger partial charge in [0.05, 0.1) is 11.5 Å². The van der Waals surface area contributed by atoms with E-state index in [1.54, 1.807) is 12.4 Å². The van der Waals surface area contributed by atoms with Gasteiger partial charge in [0.1, 0.15) is 0 Å². The first-order valence-electron chi connectivity index (χ1n) is 8.79. The first kappa shape index (κ1) is 16.0. The first-order chi connectivity index (χ1) is 12.3. The van der Waals surface area contributed by atoms with E-state index in [-0.39, 0.29) is 0 Å². The van der Waals surface area contributed by atoms with Gasteiger partial charge in [-0.25, -0.2) is 0 Å². The first-order valence-corrected chi connectivity index (χ1v) is 8.79. The van der Waals surface area contributed by atoms with Crippen LogP contribution in [0, 0.1) is 6.92 Å². The van der Waals surface area contributed by atoms with E-state index in [0.717, 1.165) is 43.9 Å². The van der Waals surface area contributed by atoms with Crippen molar-refractivity contribution in [3.05, 3.63) is 65.8 Å². The Hall–Kier alpha value is -2.53. The molecule has 0 N–H and O–H groups in total. The molecule has 0 amide bonds. The number of rotatable bonds is 4. The van der Waals surface area contributed by atoms with E-state index in [2.05, 4.69) is 51.3 Å². The Bertz CT molecular complexity index is 813. The normalized spacial score (nSPS) is 18.4. The summed E-state index contributed by atoms with van der Waals surface area (Å²) in [5.41, 5.74) is 3.52. The zero-order valence-electron chi connectivity index (χ0n) is 14.4. The maximum atomic E-state index is 5.93. The number of hydrogen-bond donors (Lipinski definition) is 0. The Kier molecular flexibility index (Phi) is 4.57. The minimum Gasteiger partial charge on any atom is -0.420 e. The monoisotopic (exact) mass is 334 g/mol. The van der Waals surface area contributed by atoms with Crippen molar-refractivity contribution in [1.29, 1.82) is 0 Å². The van der Waals surface area contributed by atoms with Gasteiger partial charge >= 0.3 is 0 Å². The van der Waals surface area contributed by atoms with Gasteiger partial charge < -0.3 is 4.42 Å². The maximum Gasteiger partial charge on any atom is 0.249 e. The molecule has 0 aliphatic carbocycles. The van der Waals surface area contributed by atoms with E-state index in [9.17, 15) is 0 Å². The summed E-state index contributed by atoms with van der Waals surface area (Å²) < 4.78 is 5.93. The summed E-state index contributed by atoms with van der Waals surface area (Å²) in [5.74, 6) is 1.60. The van der Waals surface area contributed by atoms with Crippen molar-refractivity contribution in [3.8, 4) is 11.5 Å². The highest BCUT2D eigenvalue weighted by Crippen LogP contribution is 2.28. The Morgan fingerprint density at radius 1 is 1.16 bits per heavy atom. The minimum absolute atomic E-state index is 0.303. The quantitative estimate of drug-likeness (QED) is 0.726. The number of aryl methyl sites for hydroxylation is 1. The Balaban J connectivity index is 1.44. The third-order valence-electron chi connectivity index (χ3n) is 4.73. The number of piperidine rings is 1. The Morgan fingerprint density at radius 2 is 2.04 bits per heavy atom. The van der Waals surface area contributed by atoms with Gasteiger partial charge in [0.2, 0.25) is 11.8 Å². The highest BCUT2D eigenvalue weighted by molar-refractivity contribution is 5.50. The van der Waals surface area contributed by atoms with Crippen LogP contribution in [-0.2, 0) is 6.54 Å². The second kappa shape index (κ2) is 7.15. The van der Waals surface area contributed by atoms with Crippen LogP contribution in [0.4, 0.5) is 0 Å². The van der Waals surface area contributed by atoms with E-state index >= 15 is 0 Å². The fourth-order valence-electron chi connectivity index (χ4n) is 3.36. The van der Waals surface area contributed by atoms with Crippen LogP contribution >= 0.6 is 0 Å². The van der Waals surface area contributed by atoms with Gasteiger partial charge in [-0.05, 0) is 44.0 Å². The molecule has 1 saturated heterocycles. The van der Waals surface area contributed by atoms with Crippen molar-refractivity contribution in [2.45, 2.75) is 32.2 Å². The van der Waals surface area contributed by atoms with E-state index in [0.29, 0.717) is 11.8 Å². The molecule has 3 heterocycles. The molecular formula is C20H22N4O. The molecule has 2 aromatic heterocycles. The lowest BCUT2D eigenvalue weighted by Gasteiger charge is -2.31. The third-order valence-corrected chi connectivity index (χ3v) is 4.73. The standard InChI is InChI=1S/C20H22N4O/c1-15-6-8-16(9-7-15)13-24-11-3-5-18(14-24)20-23-22-19(25-20)17-4-2-10-21-12-17/h2,4,6-10,12,18H,3,5,11,13-14H2,1H3. The summed E-state index contributed by atoms with van der Waals surface area (Å²) >= 11 is 0. The van der Waals surface area contributed by atoms with E-state index in [1.165, 1.54) is 11.1 Å². The van der Waals surface area contributed by atoms with Crippen LogP contribution in [0.3, 0.4) is 0 Å². The van der Waals surface area contributed by atoms with Crippen molar-refractivity contribution in [2.24, 2.45) is 0 Å². The van der Waals surface area contributed by atoms with Gasteiger partial charge in [-0.3, -0.25) is 9.88 Å². The van der Waals surface area contributed by atoms with Crippen LogP contribution in [0.1, 0.15) is 35.8 Å². The summed E-state index contributed by atoms with van der Waals surface area (Å²) in [4.78, 5) is 6.59. The van der Waals surface area contributed by atoms with Gasteiger partial charge in [-0.15, -0.1) is 10.2 Å². The molecule has 4 rings (SSSR count). The van der Waals surface area contributed by atoms with Gasteiger partial charge in [0.25, 0.3) is 0 Å². The van der Waals surface area contributed by atoms with Crippen molar-refractivity contribution in [1.82, 2.24) is 20.1 Å². The summed E-state index contributed by atoms with van der Waals surface area (Å²) in [6.45, 7) is 5.17. The topological polar surface area (TPSA) is 55.1 Å². The third kappa shape index (κ3) is 3.77. The number of hydrogen-bond acceptors (Lipinski definition) is 5. The van der Waals surface area contributed by atoms with Crippen molar-refractivity contribution in [2.75, 3.05) is 13.1 Å². The molecule has 3 aromatic rings. The largest absolute Gasteiger partial charge is 0.420 e. The van der Waals surface area contributed by atoms with Crippen LogP contribution in [-0.4, -0.2) is 33.2 Å². The fourth-order valence-corrected chi connectivity index (χ4v) is 3.36. The smallest absolute Gasteiger partial charge is 0.249 e. The molecule has 25 heavy (non-hydrogen) atoms. The zero-order chi connectivity index (χ0) is 17.1. The SMILES string of the molecule is Cc1ccc(CN2CCCC(c3nnc(-c4cccnc4)o3)C2)cc1. The summed E-state index contributed by atoms with van der Waals surface area (Å²) in [6, 6.07) is 12.6. The molecule has 0 spiro atoms. The summed E-state index contributed by atoms with van der Waals surface area (Å²) in [6.07, 6.45) is 5.74. The summed E-state index contributed by atoms with van der Waals surface area (Å²) in [5, 5.41) is 8.50. The van der Waals surface area contributed by atoms with Gasteiger partial charge in [0, 0.05) is 25.5 Å².